The molecule has 194 valence electrons. The van der Waals surface area contributed by atoms with Gasteiger partial charge in [0, 0.05) is 40.5 Å². The fourth-order valence-electron chi connectivity index (χ4n) is 4.35. The maximum atomic E-state index is 12.8. The molecule has 0 aliphatic heterocycles. The number of H-pyrrole nitrogens is 1. The molecule has 0 bridgehead atoms. The largest absolute Gasteiger partial charge is 0.508 e. The Morgan fingerprint density at radius 1 is 1.05 bits per heavy atom. The second-order valence-electron chi connectivity index (χ2n) is 9.17. The van der Waals surface area contributed by atoms with Crippen molar-refractivity contribution >= 4 is 28.6 Å². The van der Waals surface area contributed by atoms with Crippen LogP contribution in [0.5, 0.6) is 5.75 Å². The van der Waals surface area contributed by atoms with Crippen molar-refractivity contribution in [2.45, 2.75) is 43.5 Å². The van der Waals surface area contributed by atoms with Crippen LogP contribution in [0.2, 0.25) is 0 Å². The summed E-state index contributed by atoms with van der Waals surface area (Å²) in [5, 5.41) is 36.9. The summed E-state index contributed by atoms with van der Waals surface area (Å²) in [6.07, 6.45) is 2.01. The van der Waals surface area contributed by atoms with E-state index < -0.39 is 6.10 Å². The van der Waals surface area contributed by atoms with Crippen molar-refractivity contribution in [3.8, 4) is 5.75 Å². The van der Waals surface area contributed by atoms with Gasteiger partial charge in [0.1, 0.15) is 11.4 Å². The van der Waals surface area contributed by atoms with Crippen molar-refractivity contribution in [2.75, 3.05) is 12.8 Å². The van der Waals surface area contributed by atoms with E-state index in [0.717, 1.165) is 33.3 Å². The molecule has 4 aromatic rings. The molecule has 0 aliphatic rings. The van der Waals surface area contributed by atoms with Crippen molar-refractivity contribution in [1.29, 1.82) is 0 Å². The Kier molecular flexibility index (Phi) is 8.89. The molecule has 0 fully saturated rings. The molecule has 1 amide bonds. The van der Waals surface area contributed by atoms with Crippen LogP contribution in [-0.2, 0) is 19.6 Å². The summed E-state index contributed by atoms with van der Waals surface area (Å²) < 4.78 is 0. The molecule has 0 spiro atoms. The number of benzene rings is 3. The van der Waals surface area contributed by atoms with E-state index in [1.54, 1.807) is 23.9 Å². The van der Waals surface area contributed by atoms with Gasteiger partial charge in [0.15, 0.2) is 0 Å². The number of aromatic amines is 1. The summed E-state index contributed by atoms with van der Waals surface area (Å²) in [6, 6.07) is 20.9. The molecule has 8 heteroatoms. The highest BCUT2D eigenvalue weighted by atomic mass is 32.2. The Morgan fingerprint density at radius 2 is 1.86 bits per heavy atom. The van der Waals surface area contributed by atoms with Gasteiger partial charge >= 0.3 is 0 Å². The Morgan fingerprint density at radius 3 is 2.65 bits per heavy atom. The summed E-state index contributed by atoms with van der Waals surface area (Å²) in [4.78, 5) is 17.1. The average Bonchev–Trinajstić information content (AvgIpc) is 3.34. The van der Waals surface area contributed by atoms with Crippen LogP contribution in [0.3, 0.4) is 0 Å². The van der Waals surface area contributed by atoms with Gasteiger partial charge in [-0.2, -0.15) is 0 Å². The molecule has 1 heterocycles. The Hall–Kier alpha value is -3.30. The lowest BCUT2D eigenvalue weighted by molar-refractivity contribution is 0.0946. The monoisotopic (exact) mass is 519 g/mol. The normalized spacial score (nSPS) is 13.0. The molecule has 2 atom stereocenters. The highest BCUT2D eigenvalue weighted by Gasteiger charge is 2.14. The summed E-state index contributed by atoms with van der Waals surface area (Å²) in [5.74, 6) is -0.127. The molecule has 4 rings (SSSR count). The number of nitrogens with one attached hydrogen (secondary N) is 3. The van der Waals surface area contributed by atoms with Gasteiger partial charge in [0.2, 0.25) is 0 Å². The maximum absolute atomic E-state index is 12.8. The zero-order valence-corrected chi connectivity index (χ0v) is 21.8. The lowest BCUT2D eigenvalue weighted by Gasteiger charge is -2.18. The molecule has 6 N–H and O–H groups in total. The van der Waals surface area contributed by atoms with Crippen LogP contribution < -0.4 is 10.6 Å². The lowest BCUT2D eigenvalue weighted by atomic mass is 10.0. The quantitative estimate of drug-likeness (QED) is 0.165. The van der Waals surface area contributed by atoms with E-state index in [1.807, 2.05) is 48.7 Å². The van der Waals surface area contributed by atoms with Gasteiger partial charge in [-0.15, -0.1) is 11.8 Å². The first-order valence-electron chi connectivity index (χ1n) is 12.2. The Bertz CT molecular complexity index is 1370. The molecule has 7 nitrogen and oxygen atoms in total. The third kappa shape index (κ3) is 6.72. The maximum Gasteiger partial charge on any atom is 0.267 e. The van der Waals surface area contributed by atoms with Gasteiger partial charge in [-0.1, -0.05) is 30.3 Å². The number of aliphatic hydroxyl groups excluding tert-OH is 2. The van der Waals surface area contributed by atoms with Crippen molar-refractivity contribution < 1.29 is 20.1 Å². The van der Waals surface area contributed by atoms with Crippen LogP contribution in [0.4, 0.5) is 0 Å². The average molecular weight is 520 g/mol. The van der Waals surface area contributed by atoms with Crippen LogP contribution >= 0.6 is 11.8 Å². The number of aliphatic hydroxyl groups is 2. The first-order valence-corrected chi connectivity index (χ1v) is 13.5. The number of amides is 1. The minimum Gasteiger partial charge on any atom is -0.508 e. The van der Waals surface area contributed by atoms with Gasteiger partial charge in [-0.3, -0.25) is 4.79 Å². The highest BCUT2D eigenvalue weighted by molar-refractivity contribution is 7.98. The van der Waals surface area contributed by atoms with Crippen LogP contribution in [0.25, 0.3) is 10.9 Å². The van der Waals surface area contributed by atoms with Gasteiger partial charge in [-0.25, -0.2) is 0 Å². The number of rotatable bonds is 11. The fourth-order valence-corrected chi connectivity index (χ4v) is 4.96. The molecular weight excluding hydrogens is 486 g/mol. The number of hydrogen-bond donors (Lipinski definition) is 6. The van der Waals surface area contributed by atoms with E-state index in [2.05, 4.69) is 28.6 Å². The van der Waals surface area contributed by atoms with E-state index >= 15 is 0 Å². The minimum absolute atomic E-state index is 0.0153. The number of aromatic nitrogens is 1. The molecular formula is C29H33N3O4S. The zero-order chi connectivity index (χ0) is 26.4. The number of hydrogen-bond acceptors (Lipinski definition) is 6. The summed E-state index contributed by atoms with van der Waals surface area (Å²) in [6.45, 7) is 2.58. The second-order valence-corrected chi connectivity index (χ2v) is 10.0. The van der Waals surface area contributed by atoms with E-state index in [0.29, 0.717) is 29.9 Å². The van der Waals surface area contributed by atoms with Crippen LogP contribution in [0.1, 0.15) is 45.8 Å². The zero-order valence-electron chi connectivity index (χ0n) is 21.0. The predicted molar refractivity (Wildman–Crippen MR) is 148 cm³/mol. The number of thioether (sulfide) groups is 1. The van der Waals surface area contributed by atoms with E-state index in [9.17, 15) is 20.1 Å². The third-order valence-electron chi connectivity index (χ3n) is 6.42. The van der Waals surface area contributed by atoms with Crippen molar-refractivity contribution in [3.63, 3.8) is 0 Å². The SMILES string of the molecule is CSc1ccccc1CNC(=O)c1cc2cc(C[C@@H](C)NC[C@H](O)c3ccc(O)c(CO)c3)ccc2[nH]1. The van der Waals surface area contributed by atoms with E-state index in [1.165, 1.54) is 6.07 Å². The lowest BCUT2D eigenvalue weighted by Crippen LogP contribution is -2.32. The first kappa shape index (κ1) is 26.8. The highest BCUT2D eigenvalue weighted by Crippen LogP contribution is 2.23. The molecule has 0 unspecified atom stereocenters. The smallest absolute Gasteiger partial charge is 0.267 e. The molecule has 1 aromatic heterocycles. The predicted octanol–water partition coefficient (Wildman–Crippen LogP) is 4.27. The number of fused-ring (bicyclic) bond motifs is 1. The van der Waals surface area contributed by atoms with Crippen molar-refractivity contribution in [3.05, 3.63) is 94.7 Å². The third-order valence-corrected chi connectivity index (χ3v) is 7.26. The molecule has 3 aromatic carbocycles. The molecule has 37 heavy (non-hydrogen) atoms. The summed E-state index contributed by atoms with van der Waals surface area (Å²) >= 11 is 1.66. The number of carbonyl (C=O) groups is 1. The number of carbonyl (C=O) groups excluding carboxylic acids is 1. The Labute approximate surface area is 220 Å². The molecule has 0 radical (unpaired) electrons. The molecule has 0 saturated carbocycles. The summed E-state index contributed by atoms with van der Waals surface area (Å²) in [7, 11) is 0. The number of phenols is 1. The Balaban J connectivity index is 1.33. The standard InChI is InChI=1S/C29H33N3O4S/c1-18(30-16-27(35)20-8-10-26(34)23(13-20)17-33)11-19-7-9-24-22(12-19)14-25(32-24)29(36)31-15-21-5-3-4-6-28(21)37-2/h3-10,12-14,18,27,30,32-35H,11,15-17H2,1-2H3,(H,31,36)/t18-,27+/m1/s1. The van der Waals surface area contributed by atoms with Gasteiger partial charge in [0.05, 0.1) is 12.7 Å². The minimum atomic E-state index is -0.760. The topological polar surface area (TPSA) is 118 Å². The van der Waals surface area contributed by atoms with Crippen LogP contribution in [0.15, 0.2) is 71.6 Å². The van der Waals surface area contributed by atoms with Crippen LogP contribution in [-0.4, -0.2) is 45.1 Å². The summed E-state index contributed by atoms with van der Waals surface area (Å²) in [5.41, 5.74) is 4.67. The van der Waals surface area contributed by atoms with Gasteiger partial charge in [0.25, 0.3) is 5.91 Å². The van der Waals surface area contributed by atoms with E-state index in [4.69, 9.17) is 0 Å². The molecule has 0 aliphatic carbocycles. The molecule has 0 saturated heterocycles. The van der Waals surface area contributed by atoms with Crippen molar-refractivity contribution in [2.24, 2.45) is 0 Å². The second kappa shape index (κ2) is 12.3. The van der Waals surface area contributed by atoms with Crippen LogP contribution in [0, 0.1) is 0 Å². The fraction of sp³-hybridized carbons (Fsp3) is 0.276. The first-order chi connectivity index (χ1) is 17.9. The van der Waals surface area contributed by atoms with Gasteiger partial charge in [-0.05, 0) is 72.7 Å². The van der Waals surface area contributed by atoms with E-state index in [-0.39, 0.29) is 24.3 Å². The van der Waals surface area contributed by atoms with Crippen molar-refractivity contribution in [1.82, 2.24) is 15.6 Å². The number of aromatic hydroxyl groups is 1. The van der Waals surface area contributed by atoms with Gasteiger partial charge < -0.3 is 30.9 Å².